The predicted molar refractivity (Wildman–Crippen MR) is 120 cm³/mol. The number of carbonyl (C=O) groups is 3. The SMILES string of the molecule is C[C@H](NC(=O)c1ccco1)C(=O)NNC(=O)c1cccc(S(=O)(=O)Nc2ccccc2Cl)c1. The van der Waals surface area contributed by atoms with E-state index in [0.29, 0.717) is 0 Å². The van der Waals surface area contributed by atoms with E-state index in [1.165, 1.54) is 55.7 Å². The van der Waals surface area contributed by atoms with Crippen LogP contribution in [0.5, 0.6) is 0 Å². The summed E-state index contributed by atoms with van der Waals surface area (Å²) in [4.78, 5) is 36.3. The molecule has 172 valence electrons. The number of hydrogen-bond acceptors (Lipinski definition) is 6. The Morgan fingerprint density at radius 3 is 2.39 bits per heavy atom. The molecular weight excluding hydrogens is 472 g/mol. The summed E-state index contributed by atoms with van der Waals surface area (Å²) in [5.41, 5.74) is 4.51. The molecule has 1 heterocycles. The Labute approximate surface area is 194 Å². The molecule has 0 fully saturated rings. The number of carbonyl (C=O) groups excluding carboxylic acids is 3. The molecule has 10 nitrogen and oxygen atoms in total. The fourth-order valence-corrected chi connectivity index (χ4v) is 3.96. The van der Waals surface area contributed by atoms with Crippen LogP contribution in [0.1, 0.15) is 27.8 Å². The summed E-state index contributed by atoms with van der Waals surface area (Å²) >= 11 is 5.99. The van der Waals surface area contributed by atoms with E-state index >= 15 is 0 Å². The molecule has 1 aromatic heterocycles. The average Bonchev–Trinajstić information content (AvgIpc) is 3.34. The Kier molecular flexibility index (Phi) is 7.36. The molecule has 33 heavy (non-hydrogen) atoms. The van der Waals surface area contributed by atoms with Crippen molar-refractivity contribution in [2.24, 2.45) is 0 Å². The first-order valence-corrected chi connectivity index (χ1v) is 11.4. The van der Waals surface area contributed by atoms with Crippen LogP contribution in [0.25, 0.3) is 0 Å². The minimum absolute atomic E-state index is 0.0235. The van der Waals surface area contributed by atoms with Gasteiger partial charge in [0.15, 0.2) is 5.76 Å². The first-order valence-electron chi connectivity index (χ1n) is 9.49. The molecule has 0 aliphatic rings. The van der Waals surface area contributed by atoms with Crippen molar-refractivity contribution in [1.82, 2.24) is 16.2 Å². The minimum Gasteiger partial charge on any atom is -0.459 e. The van der Waals surface area contributed by atoms with E-state index in [4.69, 9.17) is 16.0 Å². The lowest BCUT2D eigenvalue weighted by Gasteiger charge is -2.14. The van der Waals surface area contributed by atoms with Crippen molar-refractivity contribution in [3.63, 3.8) is 0 Å². The van der Waals surface area contributed by atoms with Crippen molar-refractivity contribution in [3.05, 3.63) is 83.3 Å². The molecule has 0 radical (unpaired) electrons. The highest BCUT2D eigenvalue weighted by atomic mass is 35.5. The molecule has 0 saturated carbocycles. The summed E-state index contributed by atoms with van der Waals surface area (Å²) < 4.78 is 32.6. The Morgan fingerprint density at radius 2 is 1.70 bits per heavy atom. The summed E-state index contributed by atoms with van der Waals surface area (Å²) in [5.74, 6) is -2.03. The highest BCUT2D eigenvalue weighted by Crippen LogP contribution is 2.24. The van der Waals surface area contributed by atoms with E-state index in [1.807, 2.05) is 0 Å². The van der Waals surface area contributed by atoms with Crippen molar-refractivity contribution < 1.29 is 27.2 Å². The summed E-state index contributed by atoms with van der Waals surface area (Å²) in [7, 11) is -4.03. The van der Waals surface area contributed by atoms with Gasteiger partial charge in [-0.3, -0.25) is 30.0 Å². The molecule has 0 aliphatic carbocycles. The Balaban J connectivity index is 1.61. The second-order valence-electron chi connectivity index (χ2n) is 6.73. The van der Waals surface area contributed by atoms with E-state index in [0.717, 1.165) is 6.07 Å². The van der Waals surface area contributed by atoms with Gasteiger partial charge >= 0.3 is 0 Å². The molecule has 3 amide bonds. The first-order chi connectivity index (χ1) is 15.7. The number of para-hydroxylation sites is 1. The molecule has 2 aromatic carbocycles. The normalized spacial score (nSPS) is 11.8. The molecule has 0 unspecified atom stereocenters. The van der Waals surface area contributed by atoms with Gasteiger partial charge in [-0.2, -0.15) is 0 Å². The summed E-state index contributed by atoms with van der Waals surface area (Å²) in [6, 6.07) is 13.5. The van der Waals surface area contributed by atoms with Crippen LogP contribution in [0.15, 0.2) is 76.2 Å². The zero-order valence-electron chi connectivity index (χ0n) is 17.2. The largest absolute Gasteiger partial charge is 0.459 e. The van der Waals surface area contributed by atoms with Crippen LogP contribution >= 0.6 is 11.6 Å². The maximum Gasteiger partial charge on any atom is 0.287 e. The minimum atomic E-state index is -4.03. The molecule has 3 aromatic rings. The zero-order chi connectivity index (χ0) is 24.0. The number of hydrazine groups is 1. The van der Waals surface area contributed by atoms with Crippen molar-refractivity contribution in [3.8, 4) is 0 Å². The van der Waals surface area contributed by atoms with E-state index < -0.39 is 33.8 Å². The second kappa shape index (κ2) is 10.2. The van der Waals surface area contributed by atoms with Gasteiger partial charge in [-0.15, -0.1) is 0 Å². The summed E-state index contributed by atoms with van der Waals surface area (Å²) in [6.07, 6.45) is 1.32. The third-order valence-electron chi connectivity index (χ3n) is 4.31. The van der Waals surface area contributed by atoms with Crippen LogP contribution in [-0.4, -0.2) is 32.2 Å². The smallest absolute Gasteiger partial charge is 0.287 e. The van der Waals surface area contributed by atoms with Gasteiger partial charge in [0.2, 0.25) is 0 Å². The molecule has 0 spiro atoms. The van der Waals surface area contributed by atoms with Gasteiger partial charge in [0.25, 0.3) is 27.7 Å². The lowest BCUT2D eigenvalue weighted by atomic mass is 10.2. The van der Waals surface area contributed by atoms with E-state index in [-0.39, 0.29) is 26.9 Å². The van der Waals surface area contributed by atoms with Crippen molar-refractivity contribution in [2.45, 2.75) is 17.9 Å². The van der Waals surface area contributed by atoms with Gasteiger partial charge in [-0.1, -0.05) is 29.8 Å². The molecule has 0 aliphatic heterocycles. The monoisotopic (exact) mass is 490 g/mol. The second-order valence-corrected chi connectivity index (χ2v) is 8.82. The summed E-state index contributed by atoms with van der Waals surface area (Å²) in [5, 5.41) is 2.62. The lowest BCUT2D eigenvalue weighted by Crippen LogP contribution is -2.51. The first kappa shape index (κ1) is 23.8. The topological polar surface area (TPSA) is 147 Å². The fraction of sp³-hybridized carbons (Fsp3) is 0.0952. The number of rotatable bonds is 7. The molecular formula is C21H19ClN4O6S. The molecule has 12 heteroatoms. The van der Waals surface area contributed by atoms with Gasteiger partial charge in [0, 0.05) is 5.56 Å². The maximum atomic E-state index is 12.7. The van der Waals surface area contributed by atoms with Crippen molar-refractivity contribution in [1.29, 1.82) is 0 Å². The van der Waals surface area contributed by atoms with Crippen molar-refractivity contribution in [2.75, 3.05) is 4.72 Å². The molecule has 4 N–H and O–H groups in total. The fourth-order valence-electron chi connectivity index (χ4n) is 2.59. The van der Waals surface area contributed by atoms with Gasteiger partial charge in [0.1, 0.15) is 6.04 Å². The number of benzene rings is 2. The van der Waals surface area contributed by atoms with Crippen LogP contribution in [0, 0.1) is 0 Å². The predicted octanol–water partition coefficient (Wildman–Crippen LogP) is 2.31. The number of furan rings is 1. The third-order valence-corrected chi connectivity index (χ3v) is 6.00. The Hall–Kier alpha value is -3.83. The molecule has 0 bridgehead atoms. The molecule has 1 atom stereocenters. The van der Waals surface area contributed by atoms with Gasteiger partial charge in [-0.05, 0) is 49.4 Å². The van der Waals surface area contributed by atoms with Gasteiger partial charge < -0.3 is 9.73 Å². The zero-order valence-corrected chi connectivity index (χ0v) is 18.7. The number of nitrogens with one attached hydrogen (secondary N) is 4. The third kappa shape index (κ3) is 6.11. The molecule has 0 saturated heterocycles. The van der Waals surface area contributed by atoms with Crippen LogP contribution < -0.4 is 20.9 Å². The number of sulfonamides is 1. The Morgan fingerprint density at radius 1 is 0.939 bits per heavy atom. The lowest BCUT2D eigenvalue weighted by molar-refractivity contribution is -0.123. The molecule has 3 rings (SSSR count). The quantitative estimate of drug-likeness (QED) is 0.374. The average molecular weight is 491 g/mol. The highest BCUT2D eigenvalue weighted by molar-refractivity contribution is 7.92. The van der Waals surface area contributed by atoms with Crippen LogP contribution in [0.2, 0.25) is 5.02 Å². The van der Waals surface area contributed by atoms with E-state index in [9.17, 15) is 22.8 Å². The van der Waals surface area contributed by atoms with Gasteiger partial charge in [0.05, 0.1) is 21.9 Å². The van der Waals surface area contributed by atoms with Crippen LogP contribution in [-0.2, 0) is 14.8 Å². The number of anilines is 1. The van der Waals surface area contributed by atoms with Gasteiger partial charge in [-0.25, -0.2) is 8.42 Å². The highest BCUT2D eigenvalue weighted by Gasteiger charge is 2.20. The number of amides is 3. The number of hydrogen-bond donors (Lipinski definition) is 4. The van der Waals surface area contributed by atoms with Crippen LogP contribution in [0.4, 0.5) is 5.69 Å². The van der Waals surface area contributed by atoms with Crippen LogP contribution in [0.3, 0.4) is 0 Å². The van der Waals surface area contributed by atoms with E-state index in [1.54, 1.807) is 12.1 Å². The number of halogens is 1. The standard InChI is InChI=1S/C21H19ClN4O6S/c1-13(23-21(29)18-10-5-11-32-18)19(27)24-25-20(28)14-6-4-7-15(12-14)33(30,31)26-17-9-3-2-8-16(17)22/h2-13,26H,1H3,(H,23,29)(H,24,27)(H,25,28)/t13-/m0/s1. The van der Waals surface area contributed by atoms with E-state index in [2.05, 4.69) is 20.9 Å². The maximum absolute atomic E-state index is 12.7. The summed E-state index contributed by atoms with van der Waals surface area (Å²) in [6.45, 7) is 1.41. The van der Waals surface area contributed by atoms with Crippen molar-refractivity contribution >= 4 is 45.0 Å². The Bertz CT molecular complexity index is 1280.